The predicted octanol–water partition coefficient (Wildman–Crippen LogP) is 11.7. The minimum atomic E-state index is -1.08. The lowest BCUT2D eigenvalue weighted by atomic mass is 9.77. The van der Waals surface area contributed by atoms with Gasteiger partial charge >= 0.3 is 11.9 Å². The molecule has 0 aliphatic heterocycles. The molecule has 0 aliphatic carbocycles. The second kappa shape index (κ2) is 24.7. The summed E-state index contributed by atoms with van der Waals surface area (Å²) in [5.74, 6) is -0.135. The third-order valence-electron chi connectivity index (χ3n) is 12.5. The lowest BCUT2D eigenvalue weighted by Gasteiger charge is -2.36. The standard InChI is InChI=1S/C54H58ClN7O7/c1-2-3-31-49-56-51(55)48(39-68-50(63)32-19-8-6-4-5-7-9-22-37-69-62(66)67)60(49)36-35-40-33-34-45(47(38-40)53(64)65)44-29-20-21-30-46(44)52-57-58-59-61(52)54(41-23-13-10-14-24-41,42-25-15-11-16-26-42)43-27-17-12-18-28-43/h10-18,20-21,23-30,33-34,38H,2-9,19,22,31-32,35-37,39H2,1H3,(H,64,65). The number of nitrogens with zero attached hydrogens (tertiary/aromatic N) is 7. The van der Waals surface area contributed by atoms with E-state index in [-0.39, 0.29) is 29.9 Å². The molecular formula is C54H58ClN7O7. The Hall–Kier alpha value is -7.19. The van der Waals surface area contributed by atoms with Gasteiger partial charge in [-0.2, -0.15) is 0 Å². The number of aryl methyl sites for hydroxylation is 2. The average molecular weight is 953 g/mol. The number of hydrogen-bond acceptors (Lipinski definition) is 10. The van der Waals surface area contributed by atoms with Crippen LogP contribution in [0.4, 0.5) is 0 Å². The summed E-state index contributed by atoms with van der Waals surface area (Å²) in [5, 5.41) is 34.3. The van der Waals surface area contributed by atoms with Crippen molar-refractivity contribution in [2.75, 3.05) is 6.61 Å². The molecule has 0 bridgehead atoms. The first kappa shape index (κ1) is 49.7. The molecule has 7 rings (SSSR count). The summed E-state index contributed by atoms with van der Waals surface area (Å²) in [7, 11) is 0. The molecule has 0 saturated heterocycles. The lowest BCUT2D eigenvalue weighted by molar-refractivity contribution is -0.757. The molecule has 0 unspecified atom stereocenters. The first-order valence-electron chi connectivity index (χ1n) is 23.8. The minimum Gasteiger partial charge on any atom is -0.478 e. The Morgan fingerprint density at radius 1 is 0.725 bits per heavy atom. The van der Waals surface area contributed by atoms with Crippen molar-refractivity contribution in [1.29, 1.82) is 0 Å². The molecule has 1 N–H and O–H groups in total. The van der Waals surface area contributed by atoms with Crippen LogP contribution in [0.1, 0.15) is 122 Å². The van der Waals surface area contributed by atoms with Crippen molar-refractivity contribution in [3.63, 3.8) is 0 Å². The Kier molecular flexibility index (Phi) is 17.8. The lowest BCUT2D eigenvalue weighted by Crippen LogP contribution is -2.39. The van der Waals surface area contributed by atoms with E-state index in [9.17, 15) is 24.8 Å². The normalized spacial score (nSPS) is 11.4. The molecule has 2 aromatic heterocycles. The van der Waals surface area contributed by atoms with Gasteiger partial charge in [-0.1, -0.05) is 191 Å². The average Bonchev–Trinajstić information content (AvgIpc) is 3.98. The zero-order valence-corrected chi connectivity index (χ0v) is 39.7. The number of carbonyl (C=O) groups is 2. The maximum Gasteiger partial charge on any atom is 0.336 e. The summed E-state index contributed by atoms with van der Waals surface area (Å²) < 4.78 is 9.60. The molecule has 0 radical (unpaired) electrons. The molecule has 0 fully saturated rings. The molecule has 5 aromatic carbocycles. The number of carboxylic acids is 1. The fourth-order valence-electron chi connectivity index (χ4n) is 9.02. The maximum absolute atomic E-state index is 13.2. The first-order chi connectivity index (χ1) is 33.7. The minimum absolute atomic E-state index is 0.0212. The van der Waals surface area contributed by atoms with Crippen LogP contribution < -0.4 is 0 Å². The predicted molar refractivity (Wildman–Crippen MR) is 264 cm³/mol. The number of benzene rings is 5. The number of unbranched alkanes of at least 4 members (excludes halogenated alkanes) is 8. The van der Waals surface area contributed by atoms with Gasteiger partial charge < -0.3 is 19.2 Å². The van der Waals surface area contributed by atoms with Crippen LogP contribution in [0.5, 0.6) is 0 Å². The summed E-state index contributed by atoms with van der Waals surface area (Å²) in [5.41, 5.74) is 5.18. The van der Waals surface area contributed by atoms with E-state index in [0.29, 0.717) is 66.9 Å². The van der Waals surface area contributed by atoms with E-state index >= 15 is 0 Å². The third kappa shape index (κ3) is 12.3. The van der Waals surface area contributed by atoms with Crippen LogP contribution in [0.15, 0.2) is 133 Å². The summed E-state index contributed by atoms with van der Waals surface area (Å²) in [6.45, 7) is 2.66. The van der Waals surface area contributed by atoms with E-state index in [1.165, 1.54) is 0 Å². The Bertz CT molecular complexity index is 2670. The molecule has 0 atom stereocenters. The SMILES string of the molecule is CCCCc1nc(Cl)c(COC(=O)CCCCCCCCCCO[N+](=O)[O-])n1CCc1ccc(-c2ccccc2-c2nnnn2C(c2ccccc2)(c2ccccc2)c2ccccc2)c(C(=O)O)c1. The van der Waals surface area contributed by atoms with Crippen molar-refractivity contribution in [2.45, 2.75) is 109 Å². The molecule has 7 aromatic rings. The Balaban J connectivity index is 1.10. The summed E-state index contributed by atoms with van der Waals surface area (Å²) >= 11 is 6.73. The van der Waals surface area contributed by atoms with Gasteiger partial charge in [0.15, 0.2) is 11.0 Å². The molecule has 14 nitrogen and oxygen atoms in total. The highest BCUT2D eigenvalue weighted by molar-refractivity contribution is 6.30. The molecule has 358 valence electrons. The van der Waals surface area contributed by atoms with E-state index in [4.69, 9.17) is 21.6 Å². The Morgan fingerprint density at radius 3 is 1.90 bits per heavy atom. The van der Waals surface area contributed by atoms with Gasteiger partial charge in [0.2, 0.25) is 0 Å². The largest absolute Gasteiger partial charge is 0.478 e. The van der Waals surface area contributed by atoms with Crippen molar-refractivity contribution in [1.82, 2.24) is 29.8 Å². The summed E-state index contributed by atoms with van der Waals surface area (Å²) in [6.07, 6.45) is 10.5. The fourth-order valence-corrected chi connectivity index (χ4v) is 9.28. The van der Waals surface area contributed by atoms with Gasteiger partial charge in [0.25, 0.3) is 5.09 Å². The molecule has 15 heteroatoms. The monoisotopic (exact) mass is 951 g/mol. The second-order valence-electron chi connectivity index (χ2n) is 17.0. The molecule has 0 amide bonds. The fraction of sp³-hybridized carbons (Fsp3) is 0.333. The zero-order valence-electron chi connectivity index (χ0n) is 38.9. The Labute approximate surface area is 407 Å². The van der Waals surface area contributed by atoms with Crippen LogP contribution >= 0.6 is 11.6 Å². The number of halogens is 1. The highest BCUT2D eigenvalue weighted by atomic mass is 35.5. The number of rotatable bonds is 27. The maximum atomic E-state index is 13.2. The molecule has 2 heterocycles. The number of ether oxygens (including phenoxy) is 1. The van der Waals surface area contributed by atoms with Gasteiger partial charge in [0, 0.05) is 24.9 Å². The number of esters is 1. The van der Waals surface area contributed by atoms with Crippen LogP contribution in [0.2, 0.25) is 5.15 Å². The molecule has 0 aliphatic rings. The third-order valence-corrected chi connectivity index (χ3v) is 12.8. The van der Waals surface area contributed by atoms with Crippen LogP contribution in [0.3, 0.4) is 0 Å². The summed E-state index contributed by atoms with van der Waals surface area (Å²) in [4.78, 5) is 45.4. The number of hydrogen-bond donors (Lipinski definition) is 1. The van der Waals surface area contributed by atoms with Gasteiger partial charge in [-0.15, -0.1) is 15.2 Å². The quantitative estimate of drug-likeness (QED) is 0.0171. The second-order valence-corrected chi connectivity index (χ2v) is 17.4. The Morgan fingerprint density at radius 2 is 1.30 bits per heavy atom. The number of carboxylic acid groups (broad SMARTS) is 1. The van der Waals surface area contributed by atoms with Gasteiger partial charge in [-0.3, -0.25) is 4.79 Å². The first-order valence-corrected chi connectivity index (χ1v) is 24.2. The van der Waals surface area contributed by atoms with Crippen LogP contribution in [-0.4, -0.2) is 58.5 Å². The molecule has 69 heavy (non-hydrogen) atoms. The van der Waals surface area contributed by atoms with E-state index in [1.54, 1.807) is 6.07 Å². The highest BCUT2D eigenvalue weighted by Gasteiger charge is 2.42. The van der Waals surface area contributed by atoms with Gasteiger partial charge in [-0.25, -0.2) is 14.5 Å². The van der Waals surface area contributed by atoms with Gasteiger partial charge in [-0.05, 0) is 75.6 Å². The highest BCUT2D eigenvalue weighted by Crippen LogP contribution is 2.44. The molecular weight excluding hydrogens is 894 g/mol. The van der Waals surface area contributed by atoms with Crippen LogP contribution in [0, 0.1) is 10.1 Å². The smallest absolute Gasteiger partial charge is 0.336 e. The number of imidazole rings is 1. The van der Waals surface area contributed by atoms with Crippen molar-refractivity contribution < 1.29 is 29.4 Å². The van der Waals surface area contributed by atoms with Crippen molar-refractivity contribution in [3.8, 4) is 22.5 Å². The molecule has 0 saturated carbocycles. The van der Waals surface area contributed by atoms with E-state index < -0.39 is 16.6 Å². The van der Waals surface area contributed by atoms with Crippen molar-refractivity contribution in [2.24, 2.45) is 0 Å². The van der Waals surface area contributed by atoms with Gasteiger partial charge in [0.1, 0.15) is 18.0 Å². The number of tetrazole rings is 1. The summed E-state index contributed by atoms with van der Waals surface area (Å²) in [6, 6.07) is 43.5. The van der Waals surface area contributed by atoms with Crippen LogP contribution in [-0.2, 0) is 45.9 Å². The zero-order chi connectivity index (χ0) is 48.4. The van der Waals surface area contributed by atoms with E-state index in [2.05, 4.69) is 63.5 Å². The van der Waals surface area contributed by atoms with Crippen molar-refractivity contribution >= 4 is 23.5 Å². The van der Waals surface area contributed by atoms with E-state index in [1.807, 2.05) is 100 Å². The number of aromatic carboxylic acids is 1. The van der Waals surface area contributed by atoms with Crippen molar-refractivity contribution in [3.05, 3.63) is 188 Å². The van der Waals surface area contributed by atoms with E-state index in [0.717, 1.165) is 79.4 Å². The number of aromatic nitrogens is 6. The van der Waals surface area contributed by atoms with Crippen LogP contribution in [0.25, 0.3) is 22.5 Å². The number of carbonyl (C=O) groups excluding carboxylic acids is 1. The topological polar surface area (TPSA) is 177 Å². The van der Waals surface area contributed by atoms with Gasteiger partial charge in [0.05, 0.1) is 17.9 Å². The molecule has 0 spiro atoms.